The molecule has 1 heterocycles. The van der Waals surface area contributed by atoms with Crippen LogP contribution in [-0.2, 0) is 26.2 Å². The molecule has 1 rings (SSSR count). The van der Waals surface area contributed by atoms with Crippen molar-refractivity contribution in [3.8, 4) is 0 Å². The smallest absolute Gasteiger partial charge is 0.377 e. The van der Waals surface area contributed by atoms with E-state index in [1.54, 1.807) is 21.3 Å². The third kappa shape index (κ3) is 3.63. The Kier molecular flexibility index (Phi) is 5.83. The molecule has 0 aliphatic rings. The van der Waals surface area contributed by atoms with Gasteiger partial charge in [0.1, 0.15) is 12.4 Å². The van der Waals surface area contributed by atoms with Crippen LogP contribution in [0.25, 0.3) is 0 Å². The van der Waals surface area contributed by atoms with E-state index in [-0.39, 0.29) is 0 Å². The summed E-state index contributed by atoms with van der Waals surface area (Å²) in [5.74, 6) is 1.23. The van der Waals surface area contributed by atoms with Gasteiger partial charge < -0.3 is 13.3 Å². The van der Waals surface area contributed by atoms with Gasteiger partial charge in [0.25, 0.3) is 5.82 Å². The minimum atomic E-state index is -2.40. The first-order valence-corrected chi connectivity index (χ1v) is 7.85. The van der Waals surface area contributed by atoms with Gasteiger partial charge in [0.05, 0.1) is 6.54 Å². The highest BCUT2D eigenvalue weighted by atomic mass is 28.4. The summed E-state index contributed by atoms with van der Waals surface area (Å²) in [6, 6.07) is 0.833. The molecule has 0 atom stereocenters. The Bertz CT molecular complexity index is 318. The fraction of sp³-hybridized carbons (Fsp3) is 0.727. The molecule has 6 heteroatoms. The number of aryl methyl sites for hydroxylation is 2. The molecule has 98 valence electrons. The Labute approximate surface area is 104 Å². The molecule has 0 bridgehead atoms. The van der Waals surface area contributed by atoms with E-state index in [2.05, 4.69) is 22.7 Å². The van der Waals surface area contributed by atoms with Gasteiger partial charge in [-0.25, -0.2) is 9.55 Å². The molecule has 0 unspecified atom stereocenters. The van der Waals surface area contributed by atoms with E-state index in [9.17, 15) is 0 Å². The van der Waals surface area contributed by atoms with Crippen LogP contribution in [0.3, 0.4) is 0 Å². The first kappa shape index (κ1) is 14.4. The van der Waals surface area contributed by atoms with E-state index in [0.29, 0.717) is 0 Å². The summed E-state index contributed by atoms with van der Waals surface area (Å²) >= 11 is 0. The maximum absolute atomic E-state index is 5.39. The van der Waals surface area contributed by atoms with Crippen molar-refractivity contribution in [2.75, 3.05) is 21.3 Å². The average molecular weight is 259 g/mol. The van der Waals surface area contributed by atoms with Crippen molar-refractivity contribution in [2.24, 2.45) is 0 Å². The largest absolute Gasteiger partial charge is 0.500 e. The molecule has 0 amide bonds. The highest BCUT2D eigenvalue weighted by Crippen LogP contribution is 2.16. The maximum Gasteiger partial charge on any atom is 0.500 e. The van der Waals surface area contributed by atoms with Crippen molar-refractivity contribution in [2.45, 2.75) is 32.4 Å². The van der Waals surface area contributed by atoms with E-state index in [0.717, 1.165) is 25.4 Å². The number of rotatable bonds is 8. The lowest BCUT2D eigenvalue weighted by atomic mass is 10.3. The van der Waals surface area contributed by atoms with Crippen LogP contribution in [0.5, 0.6) is 0 Å². The van der Waals surface area contributed by atoms with Gasteiger partial charge in [0, 0.05) is 33.8 Å². The summed E-state index contributed by atoms with van der Waals surface area (Å²) < 4.78 is 18.4. The number of imidazole rings is 1. The van der Waals surface area contributed by atoms with E-state index in [1.165, 1.54) is 5.82 Å². The molecular formula is C11H23N2O3Si+. The van der Waals surface area contributed by atoms with Gasteiger partial charge in [0.2, 0.25) is 0 Å². The molecule has 0 saturated carbocycles. The summed E-state index contributed by atoms with van der Waals surface area (Å²) in [5, 5.41) is 0. The Morgan fingerprint density at radius 3 is 2.41 bits per heavy atom. The molecule has 1 N–H and O–H groups in total. The van der Waals surface area contributed by atoms with E-state index >= 15 is 0 Å². The molecule has 0 radical (unpaired) electrons. The second-order valence-corrected chi connectivity index (χ2v) is 6.93. The lowest BCUT2D eigenvalue weighted by Crippen LogP contribution is -2.43. The van der Waals surface area contributed by atoms with Crippen molar-refractivity contribution in [1.29, 1.82) is 0 Å². The van der Waals surface area contributed by atoms with Gasteiger partial charge in [-0.15, -0.1) is 0 Å². The van der Waals surface area contributed by atoms with Crippen molar-refractivity contribution in [3.63, 3.8) is 0 Å². The molecule has 17 heavy (non-hydrogen) atoms. The fourth-order valence-corrected chi connectivity index (χ4v) is 3.66. The zero-order valence-electron chi connectivity index (χ0n) is 11.2. The SMILES string of the molecule is CC[n+]1cc[nH]c1CCC[Si](OC)(OC)OC. The van der Waals surface area contributed by atoms with Gasteiger partial charge in [-0.05, 0) is 13.3 Å². The molecule has 0 fully saturated rings. The summed E-state index contributed by atoms with van der Waals surface area (Å²) in [7, 11) is 2.56. The second-order valence-electron chi connectivity index (χ2n) is 3.84. The van der Waals surface area contributed by atoms with Gasteiger partial charge in [-0.3, -0.25) is 0 Å². The minimum Gasteiger partial charge on any atom is -0.377 e. The number of hydrogen-bond acceptors (Lipinski definition) is 3. The van der Waals surface area contributed by atoms with Crippen LogP contribution in [0.4, 0.5) is 0 Å². The summed E-state index contributed by atoms with van der Waals surface area (Å²) in [5.41, 5.74) is 0. The topological polar surface area (TPSA) is 47.4 Å². The Morgan fingerprint density at radius 2 is 1.88 bits per heavy atom. The zero-order chi connectivity index (χ0) is 12.7. The predicted molar refractivity (Wildman–Crippen MR) is 66.6 cm³/mol. The normalized spacial score (nSPS) is 12.0. The number of nitrogens with one attached hydrogen (secondary N) is 1. The third-order valence-corrected chi connectivity index (χ3v) is 5.85. The standard InChI is InChI=1S/C11H22N2O3Si/c1-5-13-9-8-12-11(13)7-6-10-17(14-2,15-3)16-4/h8-9H,5-7,10H2,1-4H3/p+1. The average Bonchev–Trinajstić information content (AvgIpc) is 2.83. The number of hydrogen-bond donors (Lipinski definition) is 1. The number of H-pyrrole nitrogens is 1. The molecule has 5 nitrogen and oxygen atoms in total. The lowest BCUT2D eigenvalue weighted by molar-refractivity contribution is -0.699. The monoisotopic (exact) mass is 259 g/mol. The van der Waals surface area contributed by atoms with Crippen LogP contribution < -0.4 is 4.57 Å². The second kappa shape index (κ2) is 6.90. The lowest BCUT2D eigenvalue weighted by Gasteiger charge is -2.23. The highest BCUT2D eigenvalue weighted by molar-refractivity contribution is 6.60. The van der Waals surface area contributed by atoms with Crippen molar-refractivity contribution in [3.05, 3.63) is 18.2 Å². The van der Waals surface area contributed by atoms with Gasteiger partial charge in [-0.1, -0.05) is 0 Å². The molecule has 0 saturated heterocycles. The van der Waals surface area contributed by atoms with E-state index in [4.69, 9.17) is 13.3 Å². The van der Waals surface area contributed by atoms with Crippen LogP contribution in [0.15, 0.2) is 12.4 Å². The number of nitrogens with zero attached hydrogens (tertiary/aromatic N) is 1. The first-order valence-electron chi connectivity index (χ1n) is 5.92. The van der Waals surface area contributed by atoms with Crippen LogP contribution in [-0.4, -0.2) is 35.1 Å². The molecule has 1 aromatic rings. The first-order chi connectivity index (χ1) is 8.21. The van der Waals surface area contributed by atoms with Gasteiger partial charge >= 0.3 is 8.80 Å². The van der Waals surface area contributed by atoms with Crippen LogP contribution in [0.1, 0.15) is 19.2 Å². The predicted octanol–water partition coefficient (Wildman–Crippen LogP) is 1.13. The van der Waals surface area contributed by atoms with E-state index < -0.39 is 8.80 Å². The Morgan fingerprint density at radius 1 is 1.24 bits per heavy atom. The summed E-state index contributed by atoms with van der Waals surface area (Å²) in [6.45, 7) is 3.12. The number of aromatic amines is 1. The van der Waals surface area contributed by atoms with Crippen LogP contribution in [0, 0.1) is 0 Å². The van der Waals surface area contributed by atoms with Gasteiger partial charge in [-0.2, -0.15) is 0 Å². The highest BCUT2D eigenvalue weighted by Gasteiger charge is 2.37. The van der Waals surface area contributed by atoms with Crippen molar-refractivity contribution >= 4 is 8.80 Å². The van der Waals surface area contributed by atoms with Crippen LogP contribution >= 0.6 is 0 Å². The summed E-state index contributed by atoms with van der Waals surface area (Å²) in [6.07, 6.45) is 5.99. The van der Waals surface area contributed by atoms with Crippen LogP contribution in [0.2, 0.25) is 6.04 Å². The fourth-order valence-electron chi connectivity index (χ4n) is 1.94. The molecular weight excluding hydrogens is 236 g/mol. The molecule has 0 aromatic carbocycles. The van der Waals surface area contributed by atoms with Crippen molar-refractivity contribution < 1.29 is 17.8 Å². The summed E-state index contributed by atoms with van der Waals surface area (Å²) in [4.78, 5) is 3.25. The number of aromatic nitrogens is 2. The Balaban J connectivity index is 2.46. The zero-order valence-corrected chi connectivity index (χ0v) is 12.2. The quantitative estimate of drug-likeness (QED) is 0.562. The van der Waals surface area contributed by atoms with Gasteiger partial charge in [0.15, 0.2) is 0 Å². The third-order valence-electron chi connectivity index (χ3n) is 3.02. The Hall–Kier alpha value is -0.693. The molecule has 1 aromatic heterocycles. The minimum absolute atomic E-state index is 0.833. The maximum atomic E-state index is 5.39. The van der Waals surface area contributed by atoms with Crippen molar-refractivity contribution in [1.82, 2.24) is 4.98 Å². The molecule has 0 aliphatic carbocycles. The molecule has 0 aliphatic heterocycles. The van der Waals surface area contributed by atoms with E-state index in [1.807, 2.05) is 6.20 Å². The molecule has 0 spiro atoms.